The minimum Gasteiger partial charge on any atom is -0.492 e. The summed E-state index contributed by atoms with van der Waals surface area (Å²) in [7, 11) is 0. The number of carbonyl (C=O) groups is 1. The molecule has 0 radical (unpaired) electrons. The van der Waals surface area contributed by atoms with Crippen LogP contribution in [0, 0.1) is 0 Å². The number of nitrogens with one attached hydrogen (secondary N) is 2. The lowest BCUT2D eigenvalue weighted by atomic mass is 10.1. The first-order valence-corrected chi connectivity index (χ1v) is 8.89. The summed E-state index contributed by atoms with van der Waals surface area (Å²) >= 11 is 0. The molecule has 0 aliphatic rings. The van der Waals surface area contributed by atoms with Gasteiger partial charge in [-0.05, 0) is 31.0 Å². The van der Waals surface area contributed by atoms with E-state index in [0.29, 0.717) is 24.7 Å². The first-order chi connectivity index (χ1) is 13.3. The van der Waals surface area contributed by atoms with Gasteiger partial charge in [0.15, 0.2) is 0 Å². The van der Waals surface area contributed by atoms with Crippen LogP contribution in [0.2, 0.25) is 0 Å². The maximum absolute atomic E-state index is 12.4. The molecular formula is C21H22N4O2. The molecule has 0 spiro atoms. The van der Waals surface area contributed by atoms with Gasteiger partial charge in [0, 0.05) is 12.6 Å². The molecular weight excluding hydrogens is 340 g/mol. The molecule has 3 aromatic rings. The van der Waals surface area contributed by atoms with E-state index in [2.05, 4.69) is 20.6 Å². The highest BCUT2D eigenvalue weighted by molar-refractivity contribution is 5.93. The Bertz CT molecular complexity index is 884. The molecule has 2 aromatic carbocycles. The zero-order chi connectivity index (χ0) is 18.9. The van der Waals surface area contributed by atoms with E-state index in [1.54, 1.807) is 6.07 Å². The Kier molecular flexibility index (Phi) is 6.35. The Balaban J connectivity index is 1.62. The van der Waals surface area contributed by atoms with Crippen molar-refractivity contribution in [2.24, 2.45) is 0 Å². The molecule has 1 heterocycles. The largest absolute Gasteiger partial charge is 0.492 e. The van der Waals surface area contributed by atoms with Gasteiger partial charge in [-0.1, -0.05) is 42.5 Å². The second-order valence-electron chi connectivity index (χ2n) is 5.83. The SMILES string of the molecule is CCOc1ccccc1Nc1cc(C(=O)NCCc2ccccc2)ncn1. The van der Waals surface area contributed by atoms with Gasteiger partial charge in [-0.3, -0.25) is 4.79 Å². The number of benzene rings is 2. The van der Waals surface area contributed by atoms with Gasteiger partial charge in [0.2, 0.25) is 0 Å². The fourth-order valence-corrected chi connectivity index (χ4v) is 2.59. The van der Waals surface area contributed by atoms with E-state index in [4.69, 9.17) is 4.74 Å². The van der Waals surface area contributed by atoms with E-state index in [0.717, 1.165) is 17.9 Å². The predicted molar refractivity (Wildman–Crippen MR) is 105 cm³/mol. The van der Waals surface area contributed by atoms with Gasteiger partial charge in [-0.25, -0.2) is 9.97 Å². The quantitative estimate of drug-likeness (QED) is 0.640. The van der Waals surface area contributed by atoms with E-state index < -0.39 is 0 Å². The molecule has 0 saturated heterocycles. The molecule has 6 heteroatoms. The molecule has 2 N–H and O–H groups in total. The monoisotopic (exact) mass is 362 g/mol. The molecule has 0 aliphatic carbocycles. The average Bonchev–Trinajstić information content (AvgIpc) is 2.71. The lowest BCUT2D eigenvalue weighted by Gasteiger charge is -2.12. The summed E-state index contributed by atoms with van der Waals surface area (Å²) in [5, 5.41) is 6.07. The van der Waals surface area contributed by atoms with Crippen molar-refractivity contribution >= 4 is 17.4 Å². The topological polar surface area (TPSA) is 76.1 Å². The second kappa shape index (κ2) is 9.33. The van der Waals surface area contributed by atoms with E-state index in [1.165, 1.54) is 11.9 Å². The van der Waals surface area contributed by atoms with Crippen LogP contribution in [0.3, 0.4) is 0 Å². The van der Waals surface area contributed by atoms with Crippen LogP contribution in [-0.4, -0.2) is 29.0 Å². The van der Waals surface area contributed by atoms with Crippen LogP contribution < -0.4 is 15.4 Å². The Labute approximate surface area is 158 Å². The van der Waals surface area contributed by atoms with Crippen molar-refractivity contribution in [3.8, 4) is 5.75 Å². The third kappa shape index (κ3) is 5.28. The number of para-hydroxylation sites is 2. The Morgan fingerprint density at radius 3 is 2.63 bits per heavy atom. The summed E-state index contributed by atoms with van der Waals surface area (Å²) in [6, 6.07) is 19.2. The van der Waals surface area contributed by atoms with Crippen molar-refractivity contribution in [1.82, 2.24) is 15.3 Å². The normalized spacial score (nSPS) is 10.3. The molecule has 6 nitrogen and oxygen atoms in total. The highest BCUT2D eigenvalue weighted by atomic mass is 16.5. The summed E-state index contributed by atoms with van der Waals surface area (Å²) in [4.78, 5) is 20.6. The maximum Gasteiger partial charge on any atom is 0.270 e. The van der Waals surface area contributed by atoms with Gasteiger partial charge >= 0.3 is 0 Å². The standard InChI is InChI=1S/C21H22N4O2/c1-2-27-19-11-7-6-10-17(19)25-20-14-18(23-15-24-20)21(26)22-13-12-16-8-4-3-5-9-16/h3-11,14-15H,2,12-13H2,1H3,(H,22,26)(H,23,24,25). The average molecular weight is 362 g/mol. The number of carbonyl (C=O) groups excluding carboxylic acids is 1. The van der Waals surface area contributed by atoms with Crippen molar-refractivity contribution in [3.05, 3.63) is 78.2 Å². The van der Waals surface area contributed by atoms with Crippen molar-refractivity contribution < 1.29 is 9.53 Å². The molecule has 0 atom stereocenters. The molecule has 1 aromatic heterocycles. The van der Waals surface area contributed by atoms with Crippen LogP contribution in [0.1, 0.15) is 23.0 Å². The van der Waals surface area contributed by atoms with E-state index in [1.807, 2.05) is 61.5 Å². The number of aromatic nitrogens is 2. The van der Waals surface area contributed by atoms with Crippen LogP contribution >= 0.6 is 0 Å². The van der Waals surface area contributed by atoms with Crippen LogP contribution in [-0.2, 0) is 6.42 Å². The molecule has 0 fully saturated rings. The summed E-state index contributed by atoms with van der Waals surface area (Å²) in [5.41, 5.74) is 2.28. The maximum atomic E-state index is 12.4. The first-order valence-electron chi connectivity index (χ1n) is 8.89. The lowest BCUT2D eigenvalue weighted by Crippen LogP contribution is -2.26. The highest BCUT2D eigenvalue weighted by Gasteiger charge is 2.10. The molecule has 3 rings (SSSR count). The minimum atomic E-state index is -0.227. The van der Waals surface area contributed by atoms with Crippen LogP contribution in [0.25, 0.3) is 0 Å². The van der Waals surface area contributed by atoms with E-state index in [9.17, 15) is 4.79 Å². The lowest BCUT2D eigenvalue weighted by molar-refractivity contribution is 0.0949. The minimum absolute atomic E-state index is 0.227. The molecule has 1 amide bonds. The number of anilines is 2. The number of nitrogens with zero attached hydrogens (tertiary/aromatic N) is 2. The first kappa shape index (κ1) is 18.4. The zero-order valence-corrected chi connectivity index (χ0v) is 15.2. The summed E-state index contributed by atoms with van der Waals surface area (Å²) in [5.74, 6) is 1.03. The van der Waals surface area contributed by atoms with Crippen molar-refractivity contribution in [3.63, 3.8) is 0 Å². The smallest absolute Gasteiger partial charge is 0.270 e. The molecule has 0 saturated carbocycles. The van der Waals surface area contributed by atoms with Crippen LogP contribution in [0.5, 0.6) is 5.75 Å². The summed E-state index contributed by atoms with van der Waals surface area (Å²) in [6.45, 7) is 3.04. The van der Waals surface area contributed by atoms with Gasteiger partial charge in [-0.15, -0.1) is 0 Å². The fourth-order valence-electron chi connectivity index (χ4n) is 2.59. The molecule has 0 unspecified atom stereocenters. The van der Waals surface area contributed by atoms with E-state index in [-0.39, 0.29) is 5.91 Å². The van der Waals surface area contributed by atoms with Crippen LogP contribution in [0.15, 0.2) is 67.0 Å². The molecule has 0 bridgehead atoms. The van der Waals surface area contributed by atoms with Gasteiger partial charge < -0.3 is 15.4 Å². The number of hydrogen-bond donors (Lipinski definition) is 2. The highest BCUT2D eigenvalue weighted by Crippen LogP contribution is 2.26. The third-order valence-corrected chi connectivity index (χ3v) is 3.89. The van der Waals surface area contributed by atoms with Gasteiger partial charge in [0.25, 0.3) is 5.91 Å². The van der Waals surface area contributed by atoms with Crippen molar-refractivity contribution in [1.29, 1.82) is 0 Å². The molecule has 138 valence electrons. The third-order valence-electron chi connectivity index (χ3n) is 3.89. The molecule has 0 aliphatic heterocycles. The predicted octanol–water partition coefficient (Wildman–Crippen LogP) is 3.59. The van der Waals surface area contributed by atoms with Gasteiger partial charge in [-0.2, -0.15) is 0 Å². The van der Waals surface area contributed by atoms with Crippen LogP contribution in [0.4, 0.5) is 11.5 Å². The number of ether oxygens (including phenoxy) is 1. The Hall–Kier alpha value is -3.41. The summed E-state index contributed by atoms with van der Waals surface area (Å²) in [6.07, 6.45) is 2.14. The zero-order valence-electron chi connectivity index (χ0n) is 15.2. The van der Waals surface area contributed by atoms with E-state index >= 15 is 0 Å². The second-order valence-corrected chi connectivity index (χ2v) is 5.83. The van der Waals surface area contributed by atoms with Gasteiger partial charge in [0.1, 0.15) is 23.6 Å². The number of rotatable bonds is 8. The number of amides is 1. The summed E-state index contributed by atoms with van der Waals surface area (Å²) < 4.78 is 5.60. The fraction of sp³-hybridized carbons (Fsp3) is 0.190. The van der Waals surface area contributed by atoms with Crippen molar-refractivity contribution in [2.75, 3.05) is 18.5 Å². The Morgan fingerprint density at radius 2 is 1.81 bits per heavy atom. The Morgan fingerprint density at radius 1 is 1.04 bits per heavy atom. The van der Waals surface area contributed by atoms with Gasteiger partial charge in [0.05, 0.1) is 12.3 Å². The molecule has 27 heavy (non-hydrogen) atoms. The number of hydrogen-bond acceptors (Lipinski definition) is 5. The van der Waals surface area contributed by atoms with Crippen molar-refractivity contribution in [2.45, 2.75) is 13.3 Å².